The van der Waals surface area contributed by atoms with Gasteiger partial charge >= 0.3 is 6.18 Å². The molecule has 1 atom stereocenters. The molecule has 0 heterocycles. The smallest absolute Gasteiger partial charge is 0.271 e. The fourth-order valence-electron chi connectivity index (χ4n) is 1.64. The number of alkyl halides is 3. The summed E-state index contributed by atoms with van der Waals surface area (Å²) in [7, 11) is 0. The van der Waals surface area contributed by atoms with Crippen LogP contribution in [0.15, 0.2) is 18.2 Å². The van der Waals surface area contributed by atoms with Crippen LogP contribution in [0.5, 0.6) is 0 Å². The molecule has 1 rings (SSSR count). The van der Waals surface area contributed by atoms with E-state index in [0.717, 1.165) is 12.1 Å². The van der Waals surface area contributed by atoms with Crippen molar-refractivity contribution < 1.29 is 17.6 Å². The predicted molar refractivity (Wildman–Crippen MR) is 59.5 cm³/mol. The topological polar surface area (TPSA) is 38.0 Å². The highest BCUT2D eigenvalue weighted by molar-refractivity contribution is 5.33. The average Bonchev–Trinajstić information content (AvgIpc) is 2.28. The number of hydrogen-bond acceptors (Lipinski definition) is 2. The Morgan fingerprint density at radius 3 is 2.56 bits per heavy atom. The molecule has 0 fully saturated rings. The van der Waals surface area contributed by atoms with E-state index < -0.39 is 23.6 Å². The molecule has 98 valence electrons. The van der Waals surface area contributed by atoms with Crippen LogP contribution in [0.4, 0.5) is 17.6 Å². The van der Waals surface area contributed by atoms with Gasteiger partial charge in [-0.15, -0.1) is 12.3 Å². The third kappa shape index (κ3) is 3.45. The lowest BCUT2D eigenvalue weighted by Gasteiger charge is -2.20. The molecule has 0 aliphatic rings. The summed E-state index contributed by atoms with van der Waals surface area (Å²) in [5.74, 6) is 6.75. The highest BCUT2D eigenvalue weighted by Gasteiger charge is 2.35. The van der Waals surface area contributed by atoms with Gasteiger partial charge in [0.15, 0.2) is 0 Å². The van der Waals surface area contributed by atoms with Crippen LogP contribution in [-0.2, 0) is 6.18 Å². The van der Waals surface area contributed by atoms with Crippen molar-refractivity contribution in [2.45, 2.75) is 25.1 Å². The second-order valence-corrected chi connectivity index (χ2v) is 3.69. The van der Waals surface area contributed by atoms with Gasteiger partial charge in [0, 0.05) is 12.5 Å². The fourth-order valence-corrected chi connectivity index (χ4v) is 1.64. The molecule has 1 aromatic rings. The predicted octanol–water partition coefficient (Wildman–Crippen LogP) is 2.76. The zero-order valence-electron chi connectivity index (χ0n) is 9.39. The molecule has 0 amide bonds. The number of hydrogen-bond donors (Lipinski definition) is 2. The highest BCUT2D eigenvalue weighted by Crippen LogP contribution is 2.35. The second kappa shape index (κ2) is 5.85. The zero-order valence-corrected chi connectivity index (χ0v) is 9.39. The van der Waals surface area contributed by atoms with Crippen LogP contribution >= 0.6 is 0 Å². The Hall–Kier alpha value is -1.58. The summed E-state index contributed by atoms with van der Waals surface area (Å²) in [5.41, 5.74) is 1.08. The van der Waals surface area contributed by atoms with Crippen molar-refractivity contribution in [2.24, 2.45) is 5.84 Å². The van der Waals surface area contributed by atoms with Gasteiger partial charge in [-0.25, -0.2) is 4.39 Å². The minimum Gasteiger partial charge on any atom is -0.271 e. The van der Waals surface area contributed by atoms with Crippen molar-refractivity contribution in [3.63, 3.8) is 0 Å². The van der Waals surface area contributed by atoms with Gasteiger partial charge in [0.25, 0.3) is 0 Å². The van der Waals surface area contributed by atoms with Gasteiger partial charge in [0.2, 0.25) is 0 Å². The lowest BCUT2D eigenvalue weighted by atomic mass is 9.96. The van der Waals surface area contributed by atoms with Gasteiger partial charge in [-0.3, -0.25) is 11.3 Å². The van der Waals surface area contributed by atoms with E-state index in [0.29, 0.717) is 6.07 Å². The van der Waals surface area contributed by atoms with E-state index in [9.17, 15) is 17.6 Å². The molecular formula is C12H12F4N2. The van der Waals surface area contributed by atoms with Crippen molar-refractivity contribution in [1.82, 2.24) is 5.43 Å². The Balaban J connectivity index is 3.19. The number of rotatable bonds is 4. The molecule has 2 nitrogen and oxygen atoms in total. The summed E-state index contributed by atoms with van der Waals surface area (Å²) in [6.45, 7) is 0. The van der Waals surface area contributed by atoms with Crippen molar-refractivity contribution >= 4 is 0 Å². The third-order valence-corrected chi connectivity index (χ3v) is 2.47. The first-order valence-corrected chi connectivity index (χ1v) is 5.16. The van der Waals surface area contributed by atoms with Gasteiger partial charge in [-0.1, -0.05) is 0 Å². The number of nitrogens with one attached hydrogen (secondary N) is 1. The molecule has 0 bridgehead atoms. The van der Waals surface area contributed by atoms with Crippen molar-refractivity contribution in [2.75, 3.05) is 0 Å². The summed E-state index contributed by atoms with van der Waals surface area (Å²) in [6.07, 6.45) is 0.920. The van der Waals surface area contributed by atoms with Crippen LogP contribution in [0.1, 0.15) is 30.0 Å². The quantitative estimate of drug-likeness (QED) is 0.378. The summed E-state index contributed by atoms with van der Waals surface area (Å²) in [5, 5.41) is 0. The van der Waals surface area contributed by atoms with Crippen molar-refractivity contribution in [3.05, 3.63) is 35.1 Å². The average molecular weight is 260 g/mol. The molecule has 0 saturated carbocycles. The maximum Gasteiger partial charge on any atom is 0.416 e. The van der Waals surface area contributed by atoms with E-state index in [2.05, 4.69) is 11.3 Å². The summed E-state index contributed by atoms with van der Waals surface area (Å²) >= 11 is 0. The number of benzene rings is 1. The number of hydrazine groups is 1. The van der Waals surface area contributed by atoms with Crippen LogP contribution in [0.2, 0.25) is 0 Å². The molecule has 0 saturated heterocycles. The van der Waals surface area contributed by atoms with Crippen LogP contribution in [0, 0.1) is 18.2 Å². The van der Waals surface area contributed by atoms with Gasteiger partial charge < -0.3 is 0 Å². The maximum atomic E-state index is 13.1. The SMILES string of the molecule is C#CCCC(NN)c1cc(F)ccc1C(F)(F)F. The first-order chi connectivity index (χ1) is 8.40. The third-order valence-electron chi connectivity index (χ3n) is 2.47. The molecule has 0 aliphatic heterocycles. The lowest BCUT2D eigenvalue weighted by molar-refractivity contribution is -0.138. The first kappa shape index (κ1) is 14.5. The van der Waals surface area contributed by atoms with E-state index in [4.69, 9.17) is 12.3 Å². The van der Waals surface area contributed by atoms with E-state index in [-0.39, 0.29) is 18.4 Å². The van der Waals surface area contributed by atoms with Crippen LogP contribution in [0.25, 0.3) is 0 Å². The molecular weight excluding hydrogens is 248 g/mol. The molecule has 1 aromatic carbocycles. The molecule has 0 aliphatic carbocycles. The monoisotopic (exact) mass is 260 g/mol. The summed E-state index contributed by atoms with van der Waals surface area (Å²) < 4.78 is 51.4. The molecule has 0 aromatic heterocycles. The van der Waals surface area contributed by atoms with E-state index in [1.807, 2.05) is 0 Å². The maximum absolute atomic E-state index is 13.1. The zero-order chi connectivity index (χ0) is 13.8. The van der Waals surface area contributed by atoms with Crippen LogP contribution in [-0.4, -0.2) is 0 Å². The van der Waals surface area contributed by atoms with Gasteiger partial charge in [-0.05, 0) is 30.2 Å². The largest absolute Gasteiger partial charge is 0.416 e. The highest BCUT2D eigenvalue weighted by atomic mass is 19.4. The Labute approximate surface area is 102 Å². The van der Waals surface area contributed by atoms with E-state index in [1.54, 1.807) is 0 Å². The summed E-state index contributed by atoms with van der Waals surface area (Å²) in [6, 6.07) is 1.45. The van der Waals surface area contributed by atoms with Gasteiger partial charge in [-0.2, -0.15) is 13.2 Å². The molecule has 3 N–H and O–H groups in total. The molecule has 18 heavy (non-hydrogen) atoms. The number of nitrogens with two attached hydrogens (primary N) is 1. The van der Waals surface area contributed by atoms with E-state index >= 15 is 0 Å². The van der Waals surface area contributed by atoms with Crippen LogP contribution in [0.3, 0.4) is 0 Å². The number of terminal acetylenes is 1. The lowest BCUT2D eigenvalue weighted by Crippen LogP contribution is -2.30. The first-order valence-electron chi connectivity index (χ1n) is 5.16. The Morgan fingerprint density at radius 2 is 2.06 bits per heavy atom. The molecule has 6 heteroatoms. The van der Waals surface area contributed by atoms with Gasteiger partial charge in [0.1, 0.15) is 5.82 Å². The van der Waals surface area contributed by atoms with Crippen molar-refractivity contribution in [1.29, 1.82) is 0 Å². The summed E-state index contributed by atoms with van der Waals surface area (Å²) in [4.78, 5) is 0. The second-order valence-electron chi connectivity index (χ2n) is 3.69. The Kier molecular flexibility index (Phi) is 4.70. The Bertz CT molecular complexity index is 448. The van der Waals surface area contributed by atoms with Crippen molar-refractivity contribution in [3.8, 4) is 12.3 Å². The normalized spacial score (nSPS) is 13.1. The Morgan fingerprint density at radius 1 is 1.39 bits per heavy atom. The van der Waals surface area contributed by atoms with Crippen LogP contribution < -0.4 is 11.3 Å². The minimum atomic E-state index is -4.56. The molecule has 0 radical (unpaired) electrons. The number of halogens is 4. The minimum absolute atomic E-state index is 0.194. The standard InChI is InChI=1S/C12H12F4N2/c1-2-3-4-11(18-17)9-7-8(13)5-6-10(9)12(14,15)16/h1,5-7,11,18H,3-4,17H2. The molecule has 0 spiro atoms. The fraction of sp³-hybridized carbons (Fsp3) is 0.333. The van der Waals surface area contributed by atoms with Gasteiger partial charge in [0.05, 0.1) is 5.56 Å². The molecule has 1 unspecified atom stereocenters. The van der Waals surface area contributed by atoms with E-state index in [1.165, 1.54) is 0 Å².